The summed E-state index contributed by atoms with van der Waals surface area (Å²) in [6.07, 6.45) is 1.61. The molecule has 0 spiro atoms. The number of benzene rings is 2. The molecule has 0 fully saturated rings. The van der Waals surface area contributed by atoms with Gasteiger partial charge in [0.2, 0.25) is 0 Å². The highest BCUT2D eigenvalue weighted by Crippen LogP contribution is 2.47. The van der Waals surface area contributed by atoms with Gasteiger partial charge in [-0.05, 0) is 13.0 Å². The lowest BCUT2D eigenvalue weighted by atomic mass is 10.00. The van der Waals surface area contributed by atoms with E-state index in [4.69, 9.17) is 41.1 Å². The van der Waals surface area contributed by atoms with Crippen molar-refractivity contribution in [3.63, 3.8) is 0 Å². The normalized spacial score (nSPS) is 10.7. The molecule has 7 nitrogen and oxygen atoms in total. The third kappa shape index (κ3) is 5.56. The zero-order valence-electron chi connectivity index (χ0n) is 15.7. The van der Waals surface area contributed by atoms with Crippen LogP contribution in [0.2, 0.25) is 10.0 Å². The Morgan fingerprint density at radius 2 is 1.57 bits per heavy atom. The quantitative estimate of drug-likeness (QED) is 0.429. The van der Waals surface area contributed by atoms with Crippen molar-refractivity contribution in [3.05, 3.63) is 45.7 Å². The Hall–Kier alpha value is -2.02. The molecule has 0 saturated carbocycles. The summed E-state index contributed by atoms with van der Waals surface area (Å²) < 4.78 is 29.0. The summed E-state index contributed by atoms with van der Waals surface area (Å²) in [6, 6.07) is 7.16. The highest BCUT2D eigenvalue weighted by Gasteiger charge is 2.22. The number of nitrogens with zero attached hydrogens (tertiary/aromatic N) is 3. The smallest absolute Gasteiger partial charge is 0.317 e. The molecule has 158 valence electrons. The van der Waals surface area contributed by atoms with Crippen molar-refractivity contribution >= 4 is 63.9 Å². The van der Waals surface area contributed by atoms with Gasteiger partial charge in [0.15, 0.2) is 0 Å². The standard InChI is InChI=1S/C18H13Cl2N3O2.Cl2O2S/c1-9-8-22-17-10(7-21)4-5-11(18(17)23-9)14-15(19)12(24-2)6-13(25-3)16(14)20;1-5(2,3)4/h4-6,8H,1-3H3;. The van der Waals surface area contributed by atoms with Gasteiger partial charge < -0.3 is 9.47 Å². The molecule has 0 amide bonds. The molecule has 1 heterocycles. The zero-order valence-corrected chi connectivity index (χ0v) is 19.5. The fraction of sp³-hybridized carbons (Fsp3) is 0.167. The molecular weight excluding hydrogens is 496 g/mol. The molecule has 0 aliphatic rings. The summed E-state index contributed by atoms with van der Waals surface area (Å²) in [5, 5.41) is 10.0. The highest BCUT2D eigenvalue weighted by atomic mass is 36.0. The molecule has 0 bridgehead atoms. The van der Waals surface area contributed by atoms with Crippen LogP contribution in [0.25, 0.3) is 22.2 Å². The number of aryl methyl sites for hydroxylation is 1. The molecule has 0 aliphatic heterocycles. The van der Waals surface area contributed by atoms with Crippen LogP contribution < -0.4 is 9.47 Å². The minimum Gasteiger partial charge on any atom is -0.495 e. The van der Waals surface area contributed by atoms with Gasteiger partial charge in [0.25, 0.3) is 0 Å². The lowest BCUT2D eigenvalue weighted by molar-refractivity contribution is 0.395. The van der Waals surface area contributed by atoms with Gasteiger partial charge in [0.05, 0.1) is 41.0 Å². The van der Waals surface area contributed by atoms with Crippen LogP contribution in [0.3, 0.4) is 0 Å². The Morgan fingerprint density at radius 1 is 1.03 bits per heavy atom. The van der Waals surface area contributed by atoms with Gasteiger partial charge in [-0.25, -0.2) is 4.98 Å². The van der Waals surface area contributed by atoms with Crippen molar-refractivity contribution in [2.45, 2.75) is 6.92 Å². The van der Waals surface area contributed by atoms with Gasteiger partial charge >= 0.3 is 8.26 Å². The number of methoxy groups -OCH3 is 2. The van der Waals surface area contributed by atoms with E-state index in [1.165, 1.54) is 14.2 Å². The van der Waals surface area contributed by atoms with Gasteiger partial charge in [-0.2, -0.15) is 13.7 Å². The maximum Gasteiger partial charge on any atom is 0.317 e. The molecule has 0 saturated heterocycles. The van der Waals surface area contributed by atoms with Crippen LogP contribution in [0.15, 0.2) is 24.4 Å². The Bertz CT molecular complexity index is 1220. The summed E-state index contributed by atoms with van der Waals surface area (Å²) in [6.45, 7) is 1.82. The van der Waals surface area contributed by atoms with E-state index in [0.29, 0.717) is 55.0 Å². The number of ether oxygens (including phenoxy) is 2. The first-order valence-electron chi connectivity index (χ1n) is 7.92. The van der Waals surface area contributed by atoms with Crippen molar-refractivity contribution < 1.29 is 17.9 Å². The number of aromatic nitrogens is 2. The van der Waals surface area contributed by atoms with E-state index in [9.17, 15) is 5.26 Å². The lowest BCUT2D eigenvalue weighted by Gasteiger charge is -2.16. The van der Waals surface area contributed by atoms with Crippen LogP contribution in [0.5, 0.6) is 11.5 Å². The number of fused-ring (bicyclic) bond motifs is 1. The number of hydrogen-bond acceptors (Lipinski definition) is 7. The molecular formula is C18H13Cl4N3O4S. The van der Waals surface area contributed by atoms with Crippen molar-refractivity contribution in [1.29, 1.82) is 5.26 Å². The molecule has 12 heteroatoms. The summed E-state index contributed by atoms with van der Waals surface area (Å²) >= 11 is 13.0. The summed E-state index contributed by atoms with van der Waals surface area (Å²) in [7, 11) is 7.84. The fourth-order valence-electron chi connectivity index (χ4n) is 2.60. The second-order valence-electron chi connectivity index (χ2n) is 5.64. The number of halogens is 4. The molecule has 0 atom stereocenters. The average molecular weight is 509 g/mol. The Kier molecular flexibility index (Phi) is 7.97. The second kappa shape index (κ2) is 9.86. The van der Waals surface area contributed by atoms with E-state index in [1.807, 2.05) is 6.92 Å². The zero-order chi connectivity index (χ0) is 22.6. The van der Waals surface area contributed by atoms with Crippen LogP contribution in [-0.4, -0.2) is 32.6 Å². The first-order valence-corrected chi connectivity index (χ1v) is 11.8. The van der Waals surface area contributed by atoms with Crippen molar-refractivity contribution in [2.24, 2.45) is 0 Å². The lowest BCUT2D eigenvalue weighted by Crippen LogP contribution is -1.97. The first-order chi connectivity index (χ1) is 14.0. The van der Waals surface area contributed by atoms with E-state index in [-0.39, 0.29) is 0 Å². The Balaban J connectivity index is 0.000000575. The fourth-order valence-corrected chi connectivity index (χ4v) is 3.31. The van der Waals surface area contributed by atoms with E-state index in [1.54, 1.807) is 24.4 Å². The minimum atomic E-state index is -3.72. The molecule has 3 rings (SSSR count). The van der Waals surface area contributed by atoms with Gasteiger partial charge in [-0.15, -0.1) is 0 Å². The third-order valence-electron chi connectivity index (χ3n) is 3.78. The molecule has 0 aliphatic carbocycles. The largest absolute Gasteiger partial charge is 0.495 e. The van der Waals surface area contributed by atoms with Gasteiger partial charge in [-0.1, -0.05) is 29.3 Å². The van der Waals surface area contributed by atoms with Crippen LogP contribution in [-0.2, 0) is 8.26 Å². The molecule has 0 radical (unpaired) electrons. The van der Waals surface area contributed by atoms with Gasteiger partial charge in [0, 0.05) is 44.8 Å². The van der Waals surface area contributed by atoms with E-state index in [0.717, 1.165) is 0 Å². The molecule has 2 aromatic carbocycles. The predicted molar refractivity (Wildman–Crippen MR) is 118 cm³/mol. The number of hydrogen-bond donors (Lipinski definition) is 0. The predicted octanol–water partition coefficient (Wildman–Crippen LogP) is 5.51. The molecule has 1 aromatic heterocycles. The van der Waals surface area contributed by atoms with Crippen LogP contribution >= 0.6 is 44.6 Å². The highest BCUT2D eigenvalue weighted by molar-refractivity contribution is 8.31. The topological polar surface area (TPSA) is 102 Å². The molecule has 0 N–H and O–H groups in total. The number of nitriles is 1. The van der Waals surface area contributed by atoms with E-state index >= 15 is 0 Å². The average Bonchev–Trinajstić information content (AvgIpc) is 2.67. The van der Waals surface area contributed by atoms with Crippen LogP contribution in [0.4, 0.5) is 0 Å². The molecule has 0 unspecified atom stereocenters. The molecule has 30 heavy (non-hydrogen) atoms. The first kappa shape index (κ1) is 24.3. The summed E-state index contributed by atoms with van der Waals surface area (Å²) in [5.41, 5.74) is 3.34. The Labute approximate surface area is 192 Å². The van der Waals surface area contributed by atoms with Crippen molar-refractivity contribution in [1.82, 2.24) is 9.97 Å². The minimum absolute atomic E-state index is 0.336. The van der Waals surface area contributed by atoms with E-state index < -0.39 is 8.26 Å². The van der Waals surface area contributed by atoms with Gasteiger partial charge in [0.1, 0.15) is 23.1 Å². The van der Waals surface area contributed by atoms with Crippen LogP contribution in [0.1, 0.15) is 11.3 Å². The van der Waals surface area contributed by atoms with Crippen LogP contribution in [0, 0.1) is 18.3 Å². The maximum atomic E-state index is 9.33. The van der Waals surface area contributed by atoms with Gasteiger partial charge in [-0.3, -0.25) is 4.98 Å². The summed E-state index contributed by atoms with van der Waals surface area (Å²) in [5.74, 6) is 0.854. The maximum absolute atomic E-state index is 9.33. The monoisotopic (exact) mass is 507 g/mol. The third-order valence-corrected chi connectivity index (χ3v) is 4.53. The molecule has 3 aromatic rings. The second-order valence-corrected chi connectivity index (χ2v) is 10.1. The Morgan fingerprint density at radius 3 is 2.03 bits per heavy atom. The summed E-state index contributed by atoms with van der Waals surface area (Å²) in [4.78, 5) is 8.89. The van der Waals surface area contributed by atoms with Crippen molar-refractivity contribution in [2.75, 3.05) is 14.2 Å². The van der Waals surface area contributed by atoms with Crippen molar-refractivity contribution in [3.8, 4) is 28.7 Å². The SMILES string of the molecule is COc1cc(OC)c(Cl)c(-c2ccc(C#N)c3ncc(C)nc23)c1Cl.O=S(=O)(Cl)Cl. The van der Waals surface area contributed by atoms with E-state index in [2.05, 4.69) is 37.4 Å². The number of rotatable bonds is 3.